The highest BCUT2D eigenvalue weighted by atomic mass is 35.5. The Morgan fingerprint density at radius 3 is 2.30 bits per heavy atom. The molecule has 3 aliphatic rings. The van der Waals surface area contributed by atoms with E-state index in [1.807, 2.05) is 62.9 Å². The number of halogens is 3. The number of carbonyl (C=O) groups is 2. The van der Waals surface area contributed by atoms with E-state index in [-0.39, 0.29) is 47.0 Å². The predicted molar refractivity (Wildman–Crippen MR) is 235 cm³/mol. The summed E-state index contributed by atoms with van der Waals surface area (Å²) in [4.78, 5) is 37.3. The Labute approximate surface area is 366 Å². The lowest BCUT2D eigenvalue weighted by Gasteiger charge is -2.47. The number of fused-ring (bicyclic) bond motifs is 2. The first kappa shape index (κ1) is 46.5. The van der Waals surface area contributed by atoms with Crippen LogP contribution in [0, 0.1) is 18.6 Å². The Kier molecular flexibility index (Phi) is 14.6. The monoisotopic (exact) mass is 881 g/mol. The van der Waals surface area contributed by atoms with Gasteiger partial charge in [0.15, 0.2) is 19.9 Å². The van der Waals surface area contributed by atoms with Crippen molar-refractivity contribution in [2.24, 2.45) is 0 Å². The van der Waals surface area contributed by atoms with Crippen LogP contribution in [0.4, 0.5) is 13.6 Å². The second kappa shape index (κ2) is 19.1. The summed E-state index contributed by atoms with van der Waals surface area (Å²) in [5.41, 5.74) is 4.42. The minimum Gasteiger partial charge on any atom is -0.489 e. The molecule has 14 heteroatoms. The fourth-order valence-electron chi connectivity index (χ4n) is 7.49. The van der Waals surface area contributed by atoms with Crippen molar-refractivity contribution in [3.63, 3.8) is 0 Å². The van der Waals surface area contributed by atoms with Gasteiger partial charge in [0.1, 0.15) is 16.4 Å². The van der Waals surface area contributed by atoms with E-state index in [1.54, 1.807) is 11.1 Å². The molecule has 1 saturated carbocycles. The average molecular weight is 883 g/mol. The molecule has 0 spiro atoms. The summed E-state index contributed by atoms with van der Waals surface area (Å²) >= 11 is 5.93. The summed E-state index contributed by atoms with van der Waals surface area (Å²) < 4.78 is 58.1. The quantitative estimate of drug-likeness (QED) is 0.0797. The third-order valence-corrected chi connectivity index (χ3v) is 17.0. The SMILES string of the molecule is Cc1c(CN(C(=O)C2=C(c3ccc(CCCOc4c(F)ccc(F)c4Cl)cc3)CC3COCC2N3C(=O)OC(C)(C)C)C2CC2)ccnc1OCCCO[Si](C)(C)C(C)(C)C. The van der Waals surface area contributed by atoms with Crippen molar-refractivity contribution in [1.29, 1.82) is 0 Å². The van der Waals surface area contributed by atoms with Gasteiger partial charge in [-0.3, -0.25) is 9.69 Å². The molecule has 1 saturated heterocycles. The molecule has 6 rings (SSSR count). The van der Waals surface area contributed by atoms with Crippen LogP contribution < -0.4 is 9.47 Å². The third kappa shape index (κ3) is 11.3. The minimum atomic E-state index is -1.86. The molecule has 2 fully saturated rings. The van der Waals surface area contributed by atoms with Gasteiger partial charge in [0.25, 0.3) is 5.91 Å². The normalized spacial score (nSPS) is 18.3. The number of ether oxygens (including phenoxy) is 4. The number of nitrogens with zero attached hydrogens (tertiary/aromatic N) is 3. The molecule has 2 aromatic carbocycles. The van der Waals surface area contributed by atoms with Gasteiger partial charge in [0, 0.05) is 42.9 Å². The molecule has 0 N–H and O–H groups in total. The molecular weight excluding hydrogens is 820 g/mol. The topological polar surface area (TPSA) is 99.7 Å². The van der Waals surface area contributed by atoms with E-state index in [9.17, 15) is 13.6 Å². The van der Waals surface area contributed by atoms with Gasteiger partial charge in [-0.2, -0.15) is 0 Å². The van der Waals surface area contributed by atoms with Gasteiger partial charge in [-0.05, 0) is 118 Å². The van der Waals surface area contributed by atoms with Crippen LogP contribution in [-0.2, 0) is 31.7 Å². The summed E-state index contributed by atoms with van der Waals surface area (Å²) in [6.45, 7) is 20.7. The zero-order valence-electron chi connectivity index (χ0n) is 37.2. The molecule has 2 atom stereocenters. The Morgan fingerprint density at radius 1 is 0.934 bits per heavy atom. The van der Waals surface area contributed by atoms with Crippen molar-refractivity contribution in [2.45, 2.75) is 135 Å². The zero-order valence-corrected chi connectivity index (χ0v) is 38.9. The number of hydrogen-bond donors (Lipinski definition) is 0. The summed E-state index contributed by atoms with van der Waals surface area (Å²) in [6, 6.07) is 11.0. The van der Waals surface area contributed by atoms with Crippen molar-refractivity contribution in [1.82, 2.24) is 14.8 Å². The van der Waals surface area contributed by atoms with Gasteiger partial charge >= 0.3 is 6.09 Å². The molecule has 10 nitrogen and oxygen atoms in total. The first-order valence-electron chi connectivity index (χ1n) is 21.5. The molecule has 2 aliphatic heterocycles. The number of aromatic nitrogens is 1. The van der Waals surface area contributed by atoms with E-state index in [4.69, 9.17) is 35.0 Å². The van der Waals surface area contributed by atoms with Crippen molar-refractivity contribution < 1.29 is 41.7 Å². The highest BCUT2D eigenvalue weighted by Gasteiger charge is 2.48. The second-order valence-electron chi connectivity index (χ2n) is 18.9. The van der Waals surface area contributed by atoms with Crippen LogP contribution in [0.5, 0.6) is 11.6 Å². The Balaban J connectivity index is 1.23. The van der Waals surface area contributed by atoms with E-state index in [1.165, 1.54) is 0 Å². The van der Waals surface area contributed by atoms with E-state index in [2.05, 4.69) is 38.8 Å². The van der Waals surface area contributed by atoms with Crippen LogP contribution >= 0.6 is 11.6 Å². The Morgan fingerprint density at radius 2 is 1.62 bits per heavy atom. The van der Waals surface area contributed by atoms with Crippen molar-refractivity contribution in [3.8, 4) is 11.6 Å². The van der Waals surface area contributed by atoms with Crippen molar-refractivity contribution in [3.05, 3.63) is 93.1 Å². The first-order valence-corrected chi connectivity index (χ1v) is 24.7. The molecule has 1 aromatic heterocycles. The predicted octanol–water partition coefficient (Wildman–Crippen LogP) is 10.5. The number of benzene rings is 2. The minimum absolute atomic E-state index is 0.0446. The number of aryl methyl sites for hydroxylation is 1. The lowest BCUT2D eigenvalue weighted by Crippen LogP contribution is -2.60. The van der Waals surface area contributed by atoms with Crippen molar-refractivity contribution in [2.75, 3.05) is 33.0 Å². The molecule has 3 heterocycles. The van der Waals surface area contributed by atoms with Gasteiger partial charge in [0.2, 0.25) is 5.88 Å². The van der Waals surface area contributed by atoms with E-state index < -0.39 is 37.7 Å². The van der Waals surface area contributed by atoms with Crippen molar-refractivity contribution >= 4 is 37.5 Å². The summed E-state index contributed by atoms with van der Waals surface area (Å²) in [5, 5.41) is -0.241. The molecule has 332 valence electrons. The van der Waals surface area contributed by atoms with Crippen LogP contribution in [0.15, 0.2) is 54.2 Å². The second-order valence-corrected chi connectivity index (χ2v) is 24.1. The number of pyridine rings is 1. The number of morpholine rings is 1. The Hall–Kier alpha value is -4.04. The van der Waals surface area contributed by atoms with Crippen LogP contribution in [-0.4, -0.2) is 91.9 Å². The highest BCUT2D eigenvalue weighted by molar-refractivity contribution is 6.74. The molecule has 1 aliphatic carbocycles. The number of amides is 2. The highest BCUT2D eigenvalue weighted by Crippen LogP contribution is 2.42. The standard InChI is InChI=1S/C47H62ClF2N3O7Si/c1-30-33(21-22-51-43(30)58-24-11-25-59-61(8,9)47(5,6)7)27-52(34-17-18-34)44(54)40-36(26-35-28-56-29-39(40)53(35)45(55)60-46(2,3)4)32-15-13-31(14-16-32)12-10-23-57-42-38(50)20-19-37(49)41(42)48/h13-16,19-22,34-35,39H,10-12,17-18,23-29H2,1-9H3. The van der Waals surface area contributed by atoms with Crippen LogP contribution in [0.2, 0.25) is 23.2 Å². The maximum Gasteiger partial charge on any atom is 0.411 e. The zero-order chi connectivity index (χ0) is 44.3. The molecule has 3 aromatic rings. The van der Waals surface area contributed by atoms with E-state index in [0.29, 0.717) is 57.1 Å². The van der Waals surface area contributed by atoms with E-state index in [0.717, 1.165) is 59.2 Å². The number of rotatable bonds is 16. The van der Waals surface area contributed by atoms with Crippen LogP contribution in [0.1, 0.15) is 95.9 Å². The van der Waals surface area contributed by atoms with Crippen LogP contribution in [0.3, 0.4) is 0 Å². The smallest absolute Gasteiger partial charge is 0.411 e. The third-order valence-electron chi connectivity index (χ3n) is 12.1. The molecular formula is C47H62ClF2N3O7Si. The summed E-state index contributed by atoms with van der Waals surface area (Å²) in [7, 11) is -1.86. The maximum atomic E-state index is 15.2. The molecule has 61 heavy (non-hydrogen) atoms. The van der Waals surface area contributed by atoms with Gasteiger partial charge in [-0.1, -0.05) is 56.6 Å². The fourth-order valence-corrected chi connectivity index (χ4v) is 8.79. The first-order chi connectivity index (χ1) is 28.8. The van der Waals surface area contributed by atoms with Gasteiger partial charge in [-0.25, -0.2) is 18.6 Å². The van der Waals surface area contributed by atoms with Gasteiger partial charge in [0.05, 0.1) is 38.5 Å². The van der Waals surface area contributed by atoms with Gasteiger partial charge in [-0.15, -0.1) is 0 Å². The average Bonchev–Trinajstić information content (AvgIpc) is 4.03. The fraction of sp³-hybridized carbons (Fsp3) is 0.553. The largest absolute Gasteiger partial charge is 0.489 e. The molecule has 0 radical (unpaired) electrons. The maximum absolute atomic E-state index is 15.2. The lowest BCUT2D eigenvalue weighted by molar-refractivity contribution is -0.130. The molecule has 2 bridgehead atoms. The lowest BCUT2D eigenvalue weighted by atomic mass is 9.82. The molecule has 2 unspecified atom stereocenters. The summed E-state index contributed by atoms with van der Waals surface area (Å²) in [5.74, 6) is -1.34. The van der Waals surface area contributed by atoms with E-state index >= 15 is 4.79 Å². The summed E-state index contributed by atoms with van der Waals surface area (Å²) in [6.07, 6.45) is 5.33. The number of hydrogen-bond acceptors (Lipinski definition) is 8. The van der Waals surface area contributed by atoms with Gasteiger partial charge < -0.3 is 28.3 Å². The molecule has 2 amide bonds. The Bertz CT molecular complexity index is 2080. The number of carbonyl (C=O) groups excluding carboxylic acids is 2. The van der Waals surface area contributed by atoms with Crippen LogP contribution in [0.25, 0.3) is 5.57 Å².